The molecule has 4 aromatic rings. The number of benzene rings is 4. The number of carbonyl (C=O) groups excluding carboxylic acids is 2. The summed E-state index contributed by atoms with van der Waals surface area (Å²) in [6.45, 7) is 0.1000. The lowest BCUT2D eigenvalue weighted by Gasteiger charge is -2.33. The number of ketones is 2. The van der Waals surface area contributed by atoms with Crippen LogP contribution in [0, 0.1) is 0 Å². The molecule has 5 nitrogen and oxygen atoms in total. The zero-order chi connectivity index (χ0) is 24.2. The second-order valence-corrected chi connectivity index (χ2v) is 8.37. The van der Waals surface area contributed by atoms with Crippen LogP contribution in [0.4, 0.5) is 5.69 Å². The molecular formula is C30H25NO4. The van der Waals surface area contributed by atoms with Crippen LogP contribution in [0.5, 0.6) is 11.5 Å². The Bertz CT molecular complexity index is 1320. The Labute approximate surface area is 204 Å². The van der Waals surface area contributed by atoms with Crippen molar-refractivity contribution >= 4 is 17.3 Å². The van der Waals surface area contributed by atoms with E-state index in [9.17, 15) is 9.59 Å². The molecule has 0 amide bonds. The molecule has 0 bridgehead atoms. The number of ether oxygens (including phenoxy) is 2. The van der Waals surface area contributed by atoms with E-state index in [-0.39, 0.29) is 18.1 Å². The Morgan fingerprint density at radius 3 is 2.09 bits per heavy atom. The number of carbonyl (C=O) groups is 2. The standard InChI is InChI=1S/C30H25NO4/c1-34-24-18-16-22(17-19-24)29(33)30-28(25-14-8-9-15-27(25)35-30)31(23-12-6-3-7-13-23)20-26(32)21-10-4-2-5-11-21/h2-19,28,30H,20H2,1H3. The average molecular weight is 464 g/mol. The number of nitrogens with zero attached hydrogens (tertiary/aromatic N) is 1. The zero-order valence-corrected chi connectivity index (χ0v) is 19.3. The van der Waals surface area contributed by atoms with Crippen LogP contribution in [0.25, 0.3) is 0 Å². The van der Waals surface area contributed by atoms with E-state index in [1.165, 1.54) is 0 Å². The van der Waals surface area contributed by atoms with Gasteiger partial charge in [-0.3, -0.25) is 9.59 Å². The highest BCUT2D eigenvalue weighted by Crippen LogP contribution is 2.43. The predicted molar refractivity (Wildman–Crippen MR) is 135 cm³/mol. The van der Waals surface area contributed by atoms with E-state index >= 15 is 0 Å². The average Bonchev–Trinajstić information content (AvgIpc) is 3.31. The van der Waals surface area contributed by atoms with E-state index in [1.807, 2.05) is 89.8 Å². The number of para-hydroxylation sites is 2. The largest absolute Gasteiger partial charge is 0.497 e. The van der Waals surface area contributed by atoms with Crippen molar-refractivity contribution in [2.45, 2.75) is 12.1 Å². The van der Waals surface area contributed by atoms with Crippen LogP contribution in [0.1, 0.15) is 32.3 Å². The minimum absolute atomic E-state index is 0.0329. The fourth-order valence-corrected chi connectivity index (χ4v) is 4.48. The highest BCUT2D eigenvalue weighted by atomic mass is 16.5. The minimum atomic E-state index is -0.815. The van der Waals surface area contributed by atoms with Gasteiger partial charge in [0.2, 0.25) is 5.78 Å². The van der Waals surface area contributed by atoms with Crippen molar-refractivity contribution in [1.82, 2.24) is 0 Å². The van der Waals surface area contributed by atoms with Crippen molar-refractivity contribution in [2.75, 3.05) is 18.6 Å². The summed E-state index contributed by atoms with van der Waals surface area (Å²) in [6.07, 6.45) is -0.815. The normalized spacial score (nSPS) is 16.1. The first-order valence-corrected chi connectivity index (χ1v) is 11.5. The van der Waals surface area contributed by atoms with Gasteiger partial charge in [0.1, 0.15) is 17.5 Å². The Balaban J connectivity index is 1.56. The van der Waals surface area contributed by atoms with Gasteiger partial charge in [-0.25, -0.2) is 0 Å². The first kappa shape index (κ1) is 22.4. The molecule has 35 heavy (non-hydrogen) atoms. The van der Waals surface area contributed by atoms with Crippen molar-refractivity contribution < 1.29 is 19.1 Å². The summed E-state index contributed by atoms with van der Waals surface area (Å²) < 4.78 is 11.5. The van der Waals surface area contributed by atoms with Gasteiger partial charge >= 0.3 is 0 Å². The van der Waals surface area contributed by atoms with Crippen LogP contribution >= 0.6 is 0 Å². The molecule has 0 aromatic heterocycles. The molecule has 0 aliphatic carbocycles. The van der Waals surface area contributed by atoms with Crippen molar-refractivity contribution in [1.29, 1.82) is 0 Å². The van der Waals surface area contributed by atoms with Gasteiger partial charge in [0.05, 0.1) is 13.7 Å². The third-order valence-electron chi connectivity index (χ3n) is 6.24. The minimum Gasteiger partial charge on any atom is -0.497 e. The van der Waals surface area contributed by atoms with E-state index < -0.39 is 12.1 Å². The van der Waals surface area contributed by atoms with Crippen LogP contribution in [0.2, 0.25) is 0 Å². The van der Waals surface area contributed by atoms with Crippen molar-refractivity contribution in [3.05, 3.63) is 126 Å². The van der Waals surface area contributed by atoms with Gasteiger partial charge in [-0.15, -0.1) is 0 Å². The second-order valence-electron chi connectivity index (χ2n) is 8.37. The molecule has 2 atom stereocenters. The fraction of sp³-hybridized carbons (Fsp3) is 0.133. The molecule has 1 aliphatic rings. The lowest BCUT2D eigenvalue weighted by Crippen LogP contribution is -2.42. The van der Waals surface area contributed by atoms with Gasteiger partial charge in [-0.2, -0.15) is 0 Å². The van der Waals surface area contributed by atoms with Crippen LogP contribution < -0.4 is 14.4 Å². The number of rotatable bonds is 8. The Morgan fingerprint density at radius 2 is 1.40 bits per heavy atom. The topological polar surface area (TPSA) is 55.8 Å². The molecule has 5 rings (SSSR count). The number of fused-ring (bicyclic) bond motifs is 1. The van der Waals surface area contributed by atoms with Gasteiger partial charge < -0.3 is 14.4 Å². The Hall–Kier alpha value is -4.38. The molecule has 0 saturated carbocycles. The summed E-state index contributed by atoms with van der Waals surface area (Å²) in [5, 5.41) is 0. The highest BCUT2D eigenvalue weighted by molar-refractivity contribution is 6.02. The lowest BCUT2D eigenvalue weighted by atomic mass is 9.94. The SMILES string of the molecule is COc1ccc(C(=O)C2Oc3ccccc3C2N(CC(=O)c2ccccc2)c2ccccc2)cc1. The maximum Gasteiger partial charge on any atom is 0.205 e. The van der Waals surface area contributed by atoms with Crippen molar-refractivity contribution in [2.24, 2.45) is 0 Å². The van der Waals surface area contributed by atoms with E-state index in [2.05, 4.69) is 0 Å². The van der Waals surface area contributed by atoms with Crippen molar-refractivity contribution in [3.63, 3.8) is 0 Å². The molecule has 4 aromatic carbocycles. The van der Waals surface area contributed by atoms with Crippen LogP contribution in [-0.4, -0.2) is 31.3 Å². The van der Waals surface area contributed by atoms with Gasteiger partial charge in [-0.1, -0.05) is 66.7 Å². The molecule has 0 radical (unpaired) electrons. The zero-order valence-electron chi connectivity index (χ0n) is 19.3. The molecule has 0 spiro atoms. The summed E-state index contributed by atoms with van der Waals surface area (Å²) in [7, 11) is 1.59. The van der Waals surface area contributed by atoms with E-state index in [0.717, 1.165) is 11.3 Å². The fourth-order valence-electron chi connectivity index (χ4n) is 4.48. The molecule has 0 fully saturated rings. The smallest absolute Gasteiger partial charge is 0.205 e. The molecule has 0 saturated heterocycles. The van der Waals surface area contributed by atoms with E-state index in [1.54, 1.807) is 31.4 Å². The molecule has 0 N–H and O–H groups in total. The number of anilines is 1. The highest BCUT2D eigenvalue weighted by Gasteiger charge is 2.43. The van der Waals surface area contributed by atoms with E-state index in [4.69, 9.17) is 9.47 Å². The van der Waals surface area contributed by atoms with Gasteiger partial charge in [-0.05, 0) is 42.5 Å². The molecule has 2 unspecified atom stereocenters. The van der Waals surface area contributed by atoms with Gasteiger partial charge in [0.25, 0.3) is 0 Å². The Morgan fingerprint density at radius 1 is 0.771 bits per heavy atom. The molecule has 174 valence electrons. The predicted octanol–water partition coefficient (Wildman–Crippen LogP) is 5.77. The summed E-state index contributed by atoms with van der Waals surface area (Å²) in [5.41, 5.74) is 2.87. The summed E-state index contributed by atoms with van der Waals surface area (Å²) in [6, 6.07) is 33.1. The maximum absolute atomic E-state index is 13.7. The number of hydrogen-bond donors (Lipinski definition) is 0. The van der Waals surface area contributed by atoms with Crippen molar-refractivity contribution in [3.8, 4) is 11.5 Å². The summed E-state index contributed by atoms with van der Waals surface area (Å²) in [4.78, 5) is 29.1. The number of methoxy groups -OCH3 is 1. The first-order chi connectivity index (χ1) is 17.2. The van der Waals surface area contributed by atoms with E-state index in [0.29, 0.717) is 22.6 Å². The molecule has 5 heteroatoms. The van der Waals surface area contributed by atoms with Crippen LogP contribution in [-0.2, 0) is 0 Å². The Kier molecular flexibility index (Phi) is 6.31. The van der Waals surface area contributed by atoms with Crippen LogP contribution in [0.3, 0.4) is 0 Å². The first-order valence-electron chi connectivity index (χ1n) is 11.5. The number of Topliss-reactive ketones (excluding diaryl/α,β-unsaturated/α-hetero) is 2. The summed E-state index contributed by atoms with van der Waals surface area (Å²) >= 11 is 0. The third-order valence-corrected chi connectivity index (χ3v) is 6.24. The summed E-state index contributed by atoms with van der Waals surface area (Å²) in [5.74, 6) is 1.14. The quantitative estimate of drug-likeness (QED) is 0.311. The number of hydrogen-bond acceptors (Lipinski definition) is 5. The molecule has 1 heterocycles. The van der Waals surface area contributed by atoms with Gasteiger partial charge in [0, 0.05) is 22.4 Å². The lowest BCUT2D eigenvalue weighted by molar-refractivity contribution is 0.0784. The third kappa shape index (κ3) is 4.53. The second kappa shape index (κ2) is 9.85. The monoisotopic (exact) mass is 463 g/mol. The molecular weight excluding hydrogens is 438 g/mol. The van der Waals surface area contributed by atoms with Crippen LogP contribution in [0.15, 0.2) is 109 Å². The maximum atomic E-state index is 13.7. The molecule has 1 aliphatic heterocycles. The van der Waals surface area contributed by atoms with Gasteiger partial charge in [0.15, 0.2) is 11.9 Å².